The summed E-state index contributed by atoms with van der Waals surface area (Å²) in [5.74, 6) is 0.656. The van der Waals surface area contributed by atoms with Crippen LogP contribution >= 0.6 is 0 Å². The number of hydrogen-bond acceptors (Lipinski definition) is 3. The van der Waals surface area contributed by atoms with Crippen LogP contribution in [0.1, 0.15) is 40.0 Å². The Bertz CT molecular complexity index is 189. The van der Waals surface area contributed by atoms with Crippen LogP contribution in [0, 0.1) is 5.92 Å². The minimum Gasteiger partial charge on any atom is -0.390 e. The molecule has 15 heavy (non-hydrogen) atoms. The van der Waals surface area contributed by atoms with Crippen molar-refractivity contribution < 1.29 is 5.11 Å². The normalized spacial score (nSPS) is 29.4. The largest absolute Gasteiger partial charge is 0.390 e. The quantitative estimate of drug-likeness (QED) is 0.739. The van der Waals surface area contributed by atoms with Gasteiger partial charge in [0.25, 0.3) is 0 Å². The van der Waals surface area contributed by atoms with Crippen LogP contribution in [0.15, 0.2) is 0 Å². The molecule has 1 aliphatic heterocycles. The van der Waals surface area contributed by atoms with Gasteiger partial charge >= 0.3 is 0 Å². The Kier molecular flexibility index (Phi) is 4.56. The lowest BCUT2D eigenvalue weighted by Gasteiger charge is -2.38. The van der Waals surface area contributed by atoms with Crippen molar-refractivity contribution in [3.05, 3.63) is 0 Å². The SMILES string of the molecule is CC1CCC(CN)CN1CCC(C)(C)O. The Labute approximate surface area is 93.6 Å². The van der Waals surface area contributed by atoms with E-state index in [9.17, 15) is 5.11 Å². The Hall–Kier alpha value is -0.120. The second-order valence-corrected chi connectivity index (χ2v) is 5.59. The van der Waals surface area contributed by atoms with Gasteiger partial charge in [0.1, 0.15) is 0 Å². The summed E-state index contributed by atoms with van der Waals surface area (Å²) >= 11 is 0. The lowest BCUT2D eigenvalue weighted by Crippen LogP contribution is -2.45. The molecule has 3 heteroatoms. The van der Waals surface area contributed by atoms with Crippen LogP contribution < -0.4 is 5.73 Å². The average Bonchev–Trinajstić information content (AvgIpc) is 2.15. The molecule has 0 amide bonds. The van der Waals surface area contributed by atoms with Crippen molar-refractivity contribution in [1.29, 1.82) is 0 Å². The zero-order valence-corrected chi connectivity index (χ0v) is 10.4. The molecule has 1 saturated heterocycles. The first-order valence-electron chi connectivity index (χ1n) is 6.09. The van der Waals surface area contributed by atoms with Gasteiger partial charge in [-0.2, -0.15) is 0 Å². The molecule has 1 fully saturated rings. The highest BCUT2D eigenvalue weighted by atomic mass is 16.3. The molecule has 3 nitrogen and oxygen atoms in total. The van der Waals surface area contributed by atoms with E-state index in [-0.39, 0.29) is 0 Å². The van der Waals surface area contributed by atoms with Crippen LogP contribution in [-0.4, -0.2) is 41.3 Å². The number of piperidine rings is 1. The molecule has 2 unspecified atom stereocenters. The summed E-state index contributed by atoms with van der Waals surface area (Å²) in [4.78, 5) is 2.47. The van der Waals surface area contributed by atoms with Gasteiger partial charge in [0, 0.05) is 19.1 Å². The molecule has 2 atom stereocenters. The van der Waals surface area contributed by atoms with E-state index >= 15 is 0 Å². The summed E-state index contributed by atoms with van der Waals surface area (Å²) in [6.45, 7) is 8.92. The van der Waals surface area contributed by atoms with E-state index in [2.05, 4.69) is 11.8 Å². The second kappa shape index (κ2) is 5.28. The highest BCUT2D eigenvalue weighted by Gasteiger charge is 2.25. The first-order chi connectivity index (χ1) is 6.92. The van der Waals surface area contributed by atoms with E-state index < -0.39 is 5.60 Å². The highest BCUT2D eigenvalue weighted by molar-refractivity contribution is 4.80. The minimum atomic E-state index is -0.546. The molecule has 0 aromatic carbocycles. The Morgan fingerprint density at radius 1 is 1.40 bits per heavy atom. The van der Waals surface area contributed by atoms with Crippen LogP contribution in [-0.2, 0) is 0 Å². The predicted molar refractivity (Wildman–Crippen MR) is 63.7 cm³/mol. The Morgan fingerprint density at radius 2 is 2.07 bits per heavy atom. The number of hydrogen-bond donors (Lipinski definition) is 2. The molecule has 0 aliphatic carbocycles. The maximum Gasteiger partial charge on any atom is 0.0603 e. The molecule has 1 heterocycles. The molecule has 90 valence electrons. The van der Waals surface area contributed by atoms with Gasteiger partial charge in [-0.25, -0.2) is 0 Å². The predicted octanol–water partition coefficient (Wildman–Crippen LogP) is 1.21. The van der Waals surface area contributed by atoms with Crippen molar-refractivity contribution in [2.24, 2.45) is 11.7 Å². The third-order valence-corrected chi connectivity index (χ3v) is 3.45. The van der Waals surface area contributed by atoms with Crippen molar-refractivity contribution in [2.45, 2.75) is 51.7 Å². The molecule has 0 radical (unpaired) electrons. The van der Waals surface area contributed by atoms with Gasteiger partial charge in [-0.15, -0.1) is 0 Å². The first kappa shape index (κ1) is 12.9. The van der Waals surface area contributed by atoms with Crippen molar-refractivity contribution in [1.82, 2.24) is 4.90 Å². The van der Waals surface area contributed by atoms with E-state index in [1.165, 1.54) is 12.8 Å². The molecule has 3 N–H and O–H groups in total. The van der Waals surface area contributed by atoms with E-state index in [1.807, 2.05) is 13.8 Å². The summed E-state index contributed by atoms with van der Waals surface area (Å²) in [5, 5.41) is 9.71. The number of rotatable bonds is 4. The Balaban J connectivity index is 2.38. The van der Waals surface area contributed by atoms with E-state index in [4.69, 9.17) is 5.73 Å². The van der Waals surface area contributed by atoms with Crippen LogP contribution in [0.25, 0.3) is 0 Å². The smallest absolute Gasteiger partial charge is 0.0603 e. The zero-order valence-electron chi connectivity index (χ0n) is 10.4. The second-order valence-electron chi connectivity index (χ2n) is 5.59. The van der Waals surface area contributed by atoms with Gasteiger partial charge < -0.3 is 15.7 Å². The summed E-state index contributed by atoms with van der Waals surface area (Å²) < 4.78 is 0. The lowest BCUT2D eigenvalue weighted by atomic mass is 9.92. The molecule has 1 rings (SSSR count). The van der Waals surface area contributed by atoms with Gasteiger partial charge in [0.05, 0.1) is 5.60 Å². The summed E-state index contributed by atoms with van der Waals surface area (Å²) in [6.07, 6.45) is 3.35. The van der Waals surface area contributed by atoms with Crippen LogP contribution in [0.2, 0.25) is 0 Å². The van der Waals surface area contributed by atoms with Gasteiger partial charge in [0.2, 0.25) is 0 Å². The summed E-state index contributed by atoms with van der Waals surface area (Å²) in [6, 6.07) is 0.648. The van der Waals surface area contributed by atoms with E-state index in [0.717, 1.165) is 26.1 Å². The topological polar surface area (TPSA) is 49.5 Å². The maximum absolute atomic E-state index is 9.71. The molecule has 0 bridgehead atoms. The monoisotopic (exact) mass is 214 g/mol. The van der Waals surface area contributed by atoms with Crippen LogP contribution in [0.5, 0.6) is 0 Å². The number of nitrogens with zero attached hydrogens (tertiary/aromatic N) is 1. The average molecular weight is 214 g/mol. The van der Waals surface area contributed by atoms with Gasteiger partial charge in [-0.1, -0.05) is 0 Å². The van der Waals surface area contributed by atoms with Gasteiger partial charge in [0.15, 0.2) is 0 Å². The molecular weight excluding hydrogens is 188 g/mol. The molecular formula is C12H26N2O. The first-order valence-corrected chi connectivity index (χ1v) is 6.09. The number of nitrogens with two attached hydrogens (primary N) is 1. The van der Waals surface area contributed by atoms with Gasteiger partial charge in [-0.05, 0) is 52.5 Å². The van der Waals surface area contributed by atoms with Crippen molar-refractivity contribution in [3.63, 3.8) is 0 Å². The summed E-state index contributed by atoms with van der Waals surface area (Å²) in [5.41, 5.74) is 5.17. The van der Waals surface area contributed by atoms with Crippen LogP contribution in [0.3, 0.4) is 0 Å². The standard InChI is InChI=1S/C12H26N2O/c1-10-4-5-11(8-13)9-14(10)7-6-12(2,3)15/h10-11,15H,4-9,13H2,1-3H3. The van der Waals surface area contributed by atoms with Gasteiger partial charge in [-0.3, -0.25) is 0 Å². The Morgan fingerprint density at radius 3 is 2.60 bits per heavy atom. The fourth-order valence-corrected chi connectivity index (χ4v) is 2.18. The third kappa shape index (κ3) is 4.49. The third-order valence-electron chi connectivity index (χ3n) is 3.45. The molecule has 0 spiro atoms. The summed E-state index contributed by atoms with van der Waals surface area (Å²) in [7, 11) is 0. The molecule has 0 aromatic heterocycles. The fraction of sp³-hybridized carbons (Fsp3) is 1.00. The molecule has 0 aromatic rings. The molecule has 0 saturated carbocycles. The van der Waals surface area contributed by atoms with Crippen molar-refractivity contribution >= 4 is 0 Å². The van der Waals surface area contributed by atoms with Crippen molar-refractivity contribution in [3.8, 4) is 0 Å². The van der Waals surface area contributed by atoms with Crippen LogP contribution in [0.4, 0.5) is 0 Å². The lowest BCUT2D eigenvalue weighted by molar-refractivity contribution is 0.0393. The fourth-order valence-electron chi connectivity index (χ4n) is 2.18. The van der Waals surface area contributed by atoms with Crippen molar-refractivity contribution in [2.75, 3.05) is 19.6 Å². The van der Waals surface area contributed by atoms with E-state index in [1.54, 1.807) is 0 Å². The molecule has 1 aliphatic rings. The number of likely N-dealkylation sites (tertiary alicyclic amines) is 1. The minimum absolute atomic E-state index is 0.546. The van der Waals surface area contributed by atoms with E-state index in [0.29, 0.717) is 12.0 Å². The zero-order chi connectivity index (χ0) is 11.5. The highest BCUT2D eigenvalue weighted by Crippen LogP contribution is 2.22. The number of aliphatic hydroxyl groups is 1. The maximum atomic E-state index is 9.71.